The van der Waals surface area contributed by atoms with Crippen molar-refractivity contribution in [1.29, 1.82) is 0 Å². The lowest BCUT2D eigenvalue weighted by Crippen LogP contribution is -2.16. The van der Waals surface area contributed by atoms with Crippen LogP contribution in [0.1, 0.15) is 64.4 Å². The van der Waals surface area contributed by atoms with Crippen LogP contribution in [0.5, 0.6) is 5.75 Å². The van der Waals surface area contributed by atoms with Gasteiger partial charge in [0, 0.05) is 5.56 Å². The normalized spacial score (nSPS) is 10.5. The molecule has 2 aromatic rings. The van der Waals surface area contributed by atoms with Crippen LogP contribution >= 0.6 is 0 Å². The van der Waals surface area contributed by atoms with Crippen molar-refractivity contribution >= 4 is 11.8 Å². The van der Waals surface area contributed by atoms with Crippen LogP contribution in [-0.4, -0.2) is 16.9 Å². The molecule has 0 saturated carbocycles. The molecule has 2 rings (SSSR count). The van der Waals surface area contributed by atoms with Gasteiger partial charge in [-0.15, -0.1) is 0 Å². The maximum absolute atomic E-state index is 12.9. The van der Waals surface area contributed by atoms with E-state index in [1.807, 2.05) is 6.07 Å². The number of carbonyl (C=O) groups excluding carboxylic acids is 2. The predicted octanol–water partition coefficient (Wildman–Crippen LogP) is 3.78. The van der Waals surface area contributed by atoms with Crippen molar-refractivity contribution in [1.82, 2.24) is 0 Å². The Morgan fingerprint density at radius 2 is 1.76 bits per heavy atom. The molecule has 0 bridgehead atoms. The van der Waals surface area contributed by atoms with Crippen molar-refractivity contribution in [3.63, 3.8) is 0 Å². The number of ketones is 1. The molecule has 0 unspecified atom stereocenters. The van der Waals surface area contributed by atoms with Gasteiger partial charge in [-0.25, -0.2) is 4.79 Å². The molecule has 0 atom stereocenters. The van der Waals surface area contributed by atoms with Crippen LogP contribution in [0.3, 0.4) is 0 Å². The zero-order valence-electron chi connectivity index (χ0n) is 14.3. The highest BCUT2D eigenvalue weighted by Crippen LogP contribution is 2.29. The molecule has 0 aromatic heterocycles. The lowest BCUT2D eigenvalue weighted by atomic mass is 9.90. The molecular formula is C20H23NO4. The number of rotatable bonds is 8. The zero-order chi connectivity index (χ0) is 18.2. The van der Waals surface area contributed by atoms with Crippen molar-refractivity contribution in [2.75, 3.05) is 0 Å². The predicted molar refractivity (Wildman–Crippen MR) is 95.4 cm³/mol. The Bertz CT molecular complexity index is 741. The summed E-state index contributed by atoms with van der Waals surface area (Å²) in [5.74, 6) is 3.84. The largest absolute Gasteiger partial charge is 0.507 e. The summed E-state index contributed by atoms with van der Waals surface area (Å²) in [6, 6.07) is 11.4. The summed E-state index contributed by atoms with van der Waals surface area (Å²) >= 11 is 0. The summed E-state index contributed by atoms with van der Waals surface area (Å²) < 4.78 is 0. The van der Waals surface area contributed by atoms with Crippen LogP contribution in [0.4, 0.5) is 0 Å². The van der Waals surface area contributed by atoms with Gasteiger partial charge in [0.25, 0.3) is 0 Å². The number of phenols is 1. The Labute approximate surface area is 147 Å². The molecule has 3 N–H and O–H groups in total. The summed E-state index contributed by atoms with van der Waals surface area (Å²) in [5.41, 5.74) is 1.30. The number of aromatic hydroxyl groups is 1. The second-order valence-corrected chi connectivity index (χ2v) is 5.90. The SMILES string of the molecule is CCCCCCc1c(C(=O)ON)ccc(O)c1C(=O)c1ccccc1. The minimum Gasteiger partial charge on any atom is -0.507 e. The number of hydrogen-bond donors (Lipinski definition) is 2. The van der Waals surface area contributed by atoms with Gasteiger partial charge in [-0.05, 0) is 30.5 Å². The number of carbonyl (C=O) groups is 2. The summed E-state index contributed by atoms with van der Waals surface area (Å²) in [4.78, 5) is 29.3. The van der Waals surface area contributed by atoms with Gasteiger partial charge in [-0.2, -0.15) is 5.90 Å². The molecule has 2 aromatic carbocycles. The lowest BCUT2D eigenvalue weighted by Gasteiger charge is -2.14. The van der Waals surface area contributed by atoms with Gasteiger partial charge < -0.3 is 9.94 Å². The molecule has 25 heavy (non-hydrogen) atoms. The monoisotopic (exact) mass is 341 g/mol. The number of nitrogens with two attached hydrogens (primary N) is 1. The average Bonchev–Trinajstić information content (AvgIpc) is 2.65. The molecule has 0 radical (unpaired) electrons. The molecule has 0 aliphatic rings. The van der Waals surface area contributed by atoms with Gasteiger partial charge in [-0.1, -0.05) is 56.5 Å². The fourth-order valence-corrected chi connectivity index (χ4v) is 2.87. The quantitative estimate of drug-likeness (QED) is 0.433. The second-order valence-electron chi connectivity index (χ2n) is 5.90. The maximum Gasteiger partial charge on any atom is 0.356 e. The molecule has 0 fully saturated rings. The van der Waals surface area contributed by atoms with E-state index in [0.29, 0.717) is 17.5 Å². The Morgan fingerprint density at radius 3 is 2.40 bits per heavy atom. The summed E-state index contributed by atoms with van der Waals surface area (Å²) in [7, 11) is 0. The first-order valence-electron chi connectivity index (χ1n) is 8.45. The van der Waals surface area contributed by atoms with Gasteiger partial charge in [0.2, 0.25) is 0 Å². The van der Waals surface area contributed by atoms with Gasteiger partial charge in [0.05, 0.1) is 11.1 Å². The number of unbranched alkanes of at least 4 members (excludes halogenated alkanes) is 3. The molecule has 0 aliphatic carbocycles. The molecule has 0 saturated heterocycles. The van der Waals surface area contributed by atoms with Crippen molar-refractivity contribution in [3.8, 4) is 5.75 Å². The van der Waals surface area contributed by atoms with E-state index in [0.717, 1.165) is 25.7 Å². The highest BCUT2D eigenvalue weighted by molar-refractivity contribution is 6.13. The fourth-order valence-electron chi connectivity index (χ4n) is 2.87. The first-order valence-corrected chi connectivity index (χ1v) is 8.45. The maximum atomic E-state index is 12.9. The van der Waals surface area contributed by atoms with Gasteiger partial charge in [-0.3, -0.25) is 4.79 Å². The molecule has 5 heteroatoms. The number of phenolic OH excluding ortho intramolecular Hbond substituents is 1. The summed E-state index contributed by atoms with van der Waals surface area (Å²) in [5, 5.41) is 10.3. The van der Waals surface area contributed by atoms with Crippen LogP contribution in [0.2, 0.25) is 0 Å². The van der Waals surface area contributed by atoms with E-state index >= 15 is 0 Å². The minimum absolute atomic E-state index is 0.144. The highest BCUT2D eigenvalue weighted by atomic mass is 16.7. The first-order chi connectivity index (χ1) is 12.1. The molecule has 0 heterocycles. The van der Waals surface area contributed by atoms with Crippen molar-refractivity contribution in [2.45, 2.75) is 39.0 Å². The third kappa shape index (κ3) is 4.45. The van der Waals surface area contributed by atoms with Gasteiger partial charge in [0.1, 0.15) is 5.75 Å². The van der Waals surface area contributed by atoms with Gasteiger partial charge >= 0.3 is 5.97 Å². The summed E-state index contributed by atoms with van der Waals surface area (Å²) in [6.07, 6.45) is 4.41. The Hall–Kier alpha value is -2.66. The van der Waals surface area contributed by atoms with Gasteiger partial charge in [0.15, 0.2) is 5.78 Å². The van der Waals surface area contributed by atoms with E-state index in [4.69, 9.17) is 5.90 Å². The van der Waals surface area contributed by atoms with Crippen molar-refractivity contribution < 1.29 is 19.5 Å². The second kappa shape index (κ2) is 8.99. The Kier molecular flexibility index (Phi) is 6.71. The lowest BCUT2D eigenvalue weighted by molar-refractivity contribution is 0.0502. The molecule has 0 spiro atoms. The van der Waals surface area contributed by atoms with Crippen LogP contribution in [0.15, 0.2) is 42.5 Å². The van der Waals surface area contributed by atoms with E-state index in [2.05, 4.69) is 11.8 Å². The third-order valence-corrected chi connectivity index (χ3v) is 4.16. The molecular weight excluding hydrogens is 318 g/mol. The Balaban J connectivity index is 2.48. The number of hydrogen-bond acceptors (Lipinski definition) is 5. The van der Waals surface area contributed by atoms with Crippen LogP contribution in [0.25, 0.3) is 0 Å². The smallest absolute Gasteiger partial charge is 0.356 e. The zero-order valence-corrected chi connectivity index (χ0v) is 14.3. The highest BCUT2D eigenvalue weighted by Gasteiger charge is 2.24. The van der Waals surface area contributed by atoms with E-state index in [-0.39, 0.29) is 22.7 Å². The third-order valence-electron chi connectivity index (χ3n) is 4.16. The van der Waals surface area contributed by atoms with E-state index in [9.17, 15) is 14.7 Å². The van der Waals surface area contributed by atoms with Crippen molar-refractivity contribution in [2.24, 2.45) is 5.90 Å². The average molecular weight is 341 g/mol. The molecule has 132 valence electrons. The standard InChI is InChI=1S/C20H23NO4/c1-2-3-4-8-11-15-16(20(24)25-21)12-13-17(22)18(15)19(23)14-9-6-5-7-10-14/h5-7,9-10,12-13,22H,2-4,8,11,21H2,1H3. The van der Waals surface area contributed by atoms with Crippen molar-refractivity contribution in [3.05, 3.63) is 64.7 Å². The van der Waals surface area contributed by atoms with Crippen LogP contribution < -0.4 is 5.90 Å². The molecule has 5 nitrogen and oxygen atoms in total. The van der Waals surface area contributed by atoms with Crippen LogP contribution in [0, 0.1) is 0 Å². The van der Waals surface area contributed by atoms with Crippen LogP contribution in [-0.2, 0) is 11.3 Å². The summed E-state index contributed by atoms with van der Waals surface area (Å²) in [6.45, 7) is 2.11. The van der Waals surface area contributed by atoms with E-state index < -0.39 is 5.97 Å². The van der Waals surface area contributed by atoms with E-state index in [1.165, 1.54) is 12.1 Å². The first kappa shape index (κ1) is 18.7. The number of benzene rings is 2. The minimum atomic E-state index is -0.715. The molecule has 0 aliphatic heterocycles. The Morgan fingerprint density at radius 1 is 1.04 bits per heavy atom. The molecule has 0 amide bonds. The topological polar surface area (TPSA) is 89.6 Å². The van der Waals surface area contributed by atoms with E-state index in [1.54, 1.807) is 24.3 Å². The fraction of sp³-hybridized carbons (Fsp3) is 0.300.